The molecular formula is C17H24ClN3OSi. The molecule has 2 aromatic rings. The van der Waals surface area contributed by atoms with E-state index in [-0.39, 0.29) is 5.91 Å². The van der Waals surface area contributed by atoms with E-state index in [1.807, 2.05) is 6.92 Å². The van der Waals surface area contributed by atoms with E-state index in [2.05, 4.69) is 54.3 Å². The molecule has 1 aromatic heterocycles. The third-order valence-corrected chi connectivity index (χ3v) is 6.34. The van der Waals surface area contributed by atoms with Gasteiger partial charge in [0, 0.05) is 13.6 Å². The van der Waals surface area contributed by atoms with Crippen molar-refractivity contribution in [2.45, 2.75) is 39.5 Å². The molecule has 23 heavy (non-hydrogen) atoms. The van der Waals surface area contributed by atoms with Crippen LogP contribution >= 0.6 is 11.6 Å². The molecule has 124 valence electrons. The van der Waals surface area contributed by atoms with Crippen molar-refractivity contribution in [2.24, 2.45) is 7.05 Å². The number of nitrogens with one attached hydrogen (secondary N) is 1. The van der Waals surface area contributed by atoms with Crippen LogP contribution in [0.5, 0.6) is 0 Å². The Kier molecular flexibility index (Phi) is 5.32. The zero-order chi connectivity index (χ0) is 17.2. The van der Waals surface area contributed by atoms with Crippen LogP contribution < -0.4 is 10.5 Å². The first-order valence-electron chi connectivity index (χ1n) is 7.83. The first-order chi connectivity index (χ1) is 10.7. The second kappa shape index (κ2) is 6.89. The fourth-order valence-corrected chi connectivity index (χ4v) is 3.96. The Morgan fingerprint density at radius 3 is 2.35 bits per heavy atom. The van der Waals surface area contributed by atoms with Gasteiger partial charge < -0.3 is 5.32 Å². The average Bonchev–Trinajstić information content (AvgIpc) is 2.78. The minimum Gasteiger partial charge on any atom is -0.347 e. The fourth-order valence-electron chi connectivity index (χ4n) is 2.41. The number of carbonyl (C=O) groups is 1. The van der Waals surface area contributed by atoms with E-state index in [9.17, 15) is 4.79 Å². The van der Waals surface area contributed by atoms with E-state index < -0.39 is 8.07 Å². The molecule has 0 spiro atoms. The number of aromatic nitrogens is 2. The van der Waals surface area contributed by atoms with Crippen molar-refractivity contribution < 1.29 is 4.79 Å². The number of hydrogen-bond acceptors (Lipinski definition) is 2. The molecule has 0 aliphatic carbocycles. The highest BCUT2D eigenvalue weighted by atomic mass is 35.5. The van der Waals surface area contributed by atoms with Gasteiger partial charge in [-0.25, -0.2) is 0 Å². The summed E-state index contributed by atoms with van der Waals surface area (Å²) in [6.07, 6.45) is 0.706. The molecule has 0 saturated carbocycles. The highest BCUT2D eigenvalue weighted by Gasteiger charge is 2.20. The van der Waals surface area contributed by atoms with Crippen LogP contribution in [0.25, 0.3) is 0 Å². The summed E-state index contributed by atoms with van der Waals surface area (Å²) in [6.45, 7) is 9.41. The first-order valence-corrected chi connectivity index (χ1v) is 11.7. The summed E-state index contributed by atoms with van der Waals surface area (Å²) in [7, 11) is 0.452. The van der Waals surface area contributed by atoms with Crippen LogP contribution in [0.15, 0.2) is 24.3 Å². The van der Waals surface area contributed by atoms with E-state index in [0.717, 1.165) is 11.3 Å². The third-order valence-electron chi connectivity index (χ3n) is 3.88. The highest BCUT2D eigenvalue weighted by molar-refractivity contribution is 6.88. The fraction of sp³-hybridized carbons (Fsp3) is 0.412. The second-order valence-corrected chi connectivity index (χ2v) is 12.2. The van der Waals surface area contributed by atoms with Gasteiger partial charge in [0.25, 0.3) is 5.91 Å². The van der Waals surface area contributed by atoms with Crippen LogP contribution in [0, 0.1) is 0 Å². The zero-order valence-corrected chi connectivity index (χ0v) is 16.2. The zero-order valence-electron chi connectivity index (χ0n) is 14.4. The Balaban J connectivity index is 2.06. The minimum atomic E-state index is -1.29. The molecular weight excluding hydrogens is 326 g/mol. The Morgan fingerprint density at radius 1 is 1.26 bits per heavy atom. The SMILES string of the molecule is CCc1nn(C)c(C(=O)NCc2ccc([Si](C)(C)C)cc2)c1Cl. The summed E-state index contributed by atoms with van der Waals surface area (Å²) in [5.74, 6) is -0.195. The lowest BCUT2D eigenvalue weighted by atomic mass is 10.2. The molecule has 0 radical (unpaired) electrons. The van der Waals surface area contributed by atoms with Crippen molar-refractivity contribution in [1.29, 1.82) is 0 Å². The van der Waals surface area contributed by atoms with E-state index >= 15 is 0 Å². The molecule has 0 bridgehead atoms. The number of aryl methyl sites for hydroxylation is 2. The van der Waals surface area contributed by atoms with Crippen molar-refractivity contribution in [1.82, 2.24) is 15.1 Å². The normalized spacial score (nSPS) is 11.6. The maximum atomic E-state index is 12.4. The van der Waals surface area contributed by atoms with Gasteiger partial charge in [0.1, 0.15) is 5.69 Å². The number of rotatable bonds is 5. The second-order valence-electron chi connectivity index (χ2n) is 6.72. The molecule has 1 N–H and O–H groups in total. The number of hydrogen-bond donors (Lipinski definition) is 1. The lowest BCUT2D eigenvalue weighted by Crippen LogP contribution is -2.37. The van der Waals surface area contributed by atoms with Gasteiger partial charge in [-0.05, 0) is 12.0 Å². The highest BCUT2D eigenvalue weighted by Crippen LogP contribution is 2.20. The van der Waals surface area contributed by atoms with Crippen molar-refractivity contribution in [3.05, 3.63) is 46.2 Å². The molecule has 4 nitrogen and oxygen atoms in total. The number of nitrogens with zero attached hydrogens (tertiary/aromatic N) is 2. The van der Waals surface area contributed by atoms with Crippen molar-refractivity contribution in [3.8, 4) is 0 Å². The molecule has 1 amide bonds. The predicted molar refractivity (Wildman–Crippen MR) is 98.2 cm³/mol. The van der Waals surface area contributed by atoms with Crippen molar-refractivity contribution >= 4 is 30.8 Å². The average molecular weight is 350 g/mol. The van der Waals surface area contributed by atoms with Crippen molar-refractivity contribution in [2.75, 3.05) is 0 Å². The smallest absolute Gasteiger partial charge is 0.271 e. The third kappa shape index (κ3) is 4.03. The Labute approximate surface area is 143 Å². The summed E-state index contributed by atoms with van der Waals surface area (Å²) in [4.78, 5) is 12.4. The van der Waals surface area contributed by atoms with Crippen LogP contribution in [-0.2, 0) is 20.0 Å². The van der Waals surface area contributed by atoms with E-state index in [4.69, 9.17) is 11.6 Å². The maximum absolute atomic E-state index is 12.4. The lowest BCUT2D eigenvalue weighted by Gasteiger charge is -2.16. The molecule has 1 aromatic carbocycles. The molecule has 0 aliphatic heterocycles. The van der Waals surface area contributed by atoms with Gasteiger partial charge in [0.05, 0.1) is 18.8 Å². The quantitative estimate of drug-likeness (QED) is 0.843. The van der Waals surface area contributed by atoms with E-state index in [1.165, 1.54) is 5.19 Å². The lowest BCUT2D eigenvalue weighted by molar-refractivity contribution is 0.0941. The molecule has 2 rings (SSSR count). The Hall–Kier alpha value is -1.59. The van der Waals surface area contributed by atoms with Crippen LogP contribution in [0.2, 0.25) is 24.7 Å². The van der Waals surface area contributed by atoms with Crippen LogP contribution in [0.1, 0.15) is 28.7 Å². The summed E-state index contributed by atoms with van der Waals surface area (Å²) in [5.41, 5.74) is 2.25. The number of carbonyl (C=O) groups excluding carboxylic acids is 1. The Morgan fingerprint density at radius 2 is 1.87 bits per heavy atom. The van der Waals surface area contributed by atoms with Crippen molar-refractivity contribution in [3.63, 3.8) is 0 Å². The first kappa shape index (κ1) is 17.8. The van der Waals surface area contributed by atoms with Gasteiger partial charge in [0.15, 0.2) is 0 Å². The molecule has 6 heteroatoms. The minimum absolute atomic E-state index is 0.195. The van der Waals surface area contributed by atoms with Crippen LogP contribution in [-0.4, -0.2) is 23.8 Å². The summed E-state index contributed by atoms with van der Waals surface area (Å²) >= 11 is 6.24. The molecule has 0 unspecified atom stereocenters. The number of benzene rings is 1. The van der Waals surface area contributed by atoms with Gasteiger partial charge in [-0.2, -0.15) is 5.10 Å². The Bertz CT molecular complexity index is 702. The largest absolute Gasteiger partial charge is 0.347 e. The van der Waals surface area contributed by atoms with E-state index in [0.29, 0.717) is 23.7 Å². The molecule has 0 fully saturated rings. The van der Waals surface area contributed by atoms with Gasteiger partial charge >= 0.3 is 0 Å². The van der Waals surface area contributed by atoms with Gasteiger partial charge in [-0.1, -0.05) is 67.6 Å². The molecule has 0 saturated heterocycles. The number of amides is 1. The molecule has 0 atom stereocenters. The van der Waals surface area contributed by atoms with E-state index in [1.54, 1.807) is 11.7 Å². The maximum Gasteiger partial charge on any atom is 0.271 e. The summed E-state index contributed by atoms with van der Waals surface area (Å²) in [6, 6.07) is 8.49. The van der Waals surface area contributed by atoms with Gasteiger partial charge in [0.2, 0.25) is 0 Å². The molecule has 0 aliphatic rings. The number of halogens is 1. The summed E-state index contributed by atoms with van der Waals surface area (Å²) < 4.78 is 1.55. The predicted octanol–water partition coefficient (Wildman–Crippen LogP) is 3.11. The monoisotopic (exact) mass is 349 g/mol. The van der Waals surface area contributed by atoms with Crippen LogP contribution in [0.4, 0.5) is 0 Å². The van der Waals surface area contributed by atoms with Crippen LogP contribution in [0.3, 0.4) is 0 Å². The van der Waals surface area contributed by atoms with Gasteiger partial charge in [-0.15, -0.1) is 0 Å². The summed E-state index contributed by atoms with van der Waals surface area (Å²) in [5, 5.41) is 9.05. The molecule has 1 heterocycles. The standard InChI is InChI=1S/C17H24ClN3OSi/c1-6-14-15(18)16(21(2)20-14)17(22)19-11-12-7-9-13(10-8-12)23(3,4)5/h7-10H,6,11H2,1-5H3,(H,19,22). The topological polar surface area (TPSA) is 46.9 Å². The van der Waals surface area contributed by atoms with Gasteiger partial charge in [-0.3, -0.25) is 9.48 Å².